The van der Waals surface area contributed by atoms with E-state index in [1.54, 1.807) is 0 Å². The first-order chi connectivity index (χ1) is 9.49. The van der Waals surface area contributed by atoms with Gasteiger partial charge in [0, 0.05) is 0 Å². The first-order valence-electron chi connectivity index (χ1n) is 7.65. The molecule has 0 fully saturated rings. The fraction of sp³-hybridized carbons (Fsp3) is 0.400. The molecule has 1 aliphatic carbocycles. The number of hydrogen-bond acceptors (Lipinski definition) is 0. The smallest absolute Gasteiger partial charge is 0.0192 e. The van der Waals surface area contributed by atoms with Crippen molar-refractivity contribution in [1.82, 2.24) is 0 Å². The molecule has 1 aromatic rings. The van der Waals surface area contributed by atoms with Gasteiger partial charge in [-0.15, -0.1) is 0 Å². The Kier molecular flexibility index (Phi) is 6.01. The molecule has 20 heavy (non-hydrogen) atoms. The number of aryl methyl sites for hydroxylation is 1. The molecular formula is C20H28. The monoisotopic (exact) mass is 268 g/mol. The highest BCUT2D eigenvalue weighted by Crippen LogP contribution is 2.27. The van der Waals surface area contributed by atoms with Crippen LogP contribution in [0.25, 0.3) is 12.2 Å². The van der Waals surface area contributed by atoms with Gasteiger partial charge in [0.25, 0.3) is 0 Å². The average Bonchev–Trinajstić information content (AvgIpc) is 2.40. The highest BCUT2D eigenvalue weighted by atomic mass is 14.2. The first-order valence-corrected chi connectivity index (χ1v) is 7.65. The Morgan fingerprint density at radius 1 is 1.20 bits per heavy atom. The second kappa shape index (κ2) is 7.28. The third kappa shape index (κ3) is 3.72. The molecule has 1 aliphatic rings. The molecule has 0 bridgehead atoms. The van der Waals surface area contributed by atoms with Gasteiger partial charge >= 0.3 is 0 Å². The van der Waals surface area contributed by atoms with Crippen LogP contribution in [0.3, 0.4) is 0 Å². The Morgan fingerprint density at radius 3 is 2.40 bits per heavy atom. The molecule has 0 saturated carbocycles. The van der Waals surface area contributed by atoms with Crippen LogP contribution in [0.15, 0.2) is 41.5 Å². The standard InChI is InChI=1S/C18H22.C2H6/c1-12-6-8-17(14(3)10-12)16(5)18-9-7-13(2)11-15(18)4;1-2/h6,8-11,13H,1,7H2,2-5H3;1-2H3/b17-16-;. The Labute approximate surface area is 124 Å². The van der Waals surface area contributed by atoms with Crippen molar-refractivity contribution in [2.24, 2.45) is 5.92 Å². The predicted molar refractivity (Wildman–Crippen MR) is 92.0 cm³/mol. The van der Waals surface area contributed by atoms with Gasteiger partial charge in [-0.05, 0) is 65.8 Å². The zero-order valence-electron chi connectivity index (χ0n) is 13.9. The summed E-state index contributed by atoms with van der Waals surface area (Å²) in [6, 6.07) is 6.44. The molecule has 1 aromatic carbocycles. The minimum atomic E-state index is 0.671. The molecule has 0 N–H and O–H groups in total. The third-order valence-electron chi connectivity index (χ3n) is 3.75. The molecule has 0 spiro atoms. The van der Waals surface area contributed by atoms with Gasteiger partial charge in [0.05, 0.1) is 0 Å². The van der Waals surface area contributed by atoms with Crippen molar-refractivity contribution in [1.29, 1.82) is 0 Å². The summed E-state index contributed by atoms with van der Waals surface area (Å²) in [5.74, 6) is 0.671. The highest BCUT2D eigenvalue weighted by Gasteiger charge is 2.11. The van der Waals surface area contributed by atoms with Crippen molar-refractivity contribution < 1.29 is 0 Å². The van der Waals surface area contributed by atoms with E-state index in [0.717, 1.165) is 11.6 Å². The van der Waals surface area contributed by atoms with E-state index in [-0.39, 0.29) is 0 Å². The lowest BCUT2D eigenvalue weighted by atomic mass is 9.87. The van der Waals surface area contributed by atoms with Gasteiger partial charge in [0.15, 0.2) is 0 Å². The van der Waals surface area contributed by atoms with Crippen LogP contribution in [0.4, 0.5) is 0 Å². The van der Waals surface area contributed by atoms with Crippen LogP contribution in [0.1, 0.15) is 46.6 Å². The molecule has 1 atom stereocenters. The topological polar surface area (TPSA) is 0 Å². The van der Waals surface area contributed by atoms with Crippen molar-refractivity contribution in [3.63, 3.8) is 0 Å². The van der Waals surface area contributed by atoms with Crippen LogP contribution < -0.4 is 10.4 Å². The van der Waals surface area contributed by atoms with Crippen LogP contribution in [0.2, 0.25) is 0 Å². The molecule has 0 heteroatoms. The van der Waals surface area contributed by atoms with Crippen LogP contribution in [0.5, 0.6) is 0 Å². The highest BCUT2D eigenvalue weighted by molar-refractivity contribution is 5.70. The van der Waals surface area contributed by atoms with Crippen molar-refractivity contribution in [3.8, 4) is 0 Å². The minimum absolute atomic E-state index is 0.671. The van der Waals surface area contributed by atoms with E-state index in [0.29, 0.717) is 5.92 Å². The summed E-state index contributed by atoms with van der Waals surface area (Å²) in [7, 11) is 0. The van der Waals surface area contributed by atoms with E-state index < -0.39 is 0 Å². The quantitative estimate of drug-likeness (QED) is 0.703. The maximum atomic E-state index is 3.98. The van der Waals surface area contributed by atoms with E-state index in [2.05, 4.69) is 64.6 Å². The van der Waals surface area contributed by atoms with E-state index >= 15 is 0 Å². The predicted octanol–water partition coefficient (Wildman–Crippen LogP) is 4.51. The summed E-state index contributed by atoms with van der Waals surface area (Å²) in [6.07, 6.45) is 5.91. The SMILES string of the molecule is C=c1cc/c(=C(\C)C2=CCC(C)C=C2C)c(C)c1.CC. The number of benzene rings is 1. The van der Waals surface area contributed by atoms with Crippen LogP contribution in [-0.2, 0) is 0 Å². The van der Waals surface area contributed by atoms with Gasteiger partial charge in [-0.1, -0.05) is 57.7 Å². The maximum absolute atomic E-state index is 3.98. The largest absolute Gasteiger partial charge is 0.0918 e. The van der Waals surface area contributed by atoms with E-state index in [1.165, 1.54) is 27.5 Å². The Hall–Kier alpha value is -1.56. The Morgan fingerprint density at radius 2 is 1.85 bits per heavy atom. The summed E-state index contributed by atoms with van der Waals surface area (Å²) < 4.78 is 0. The summed E-state index contributed by atoms with van der Waals surface area (Å²) in [5.41, 5.74) is 5.51. The van der Waals surface area contributed by atoms with Crippen molar-refractivity contribution in [3.05, 3.63) is 57.5 Å². The lowest BCUT2D eigenvalue weighted by molar-refractivity contribution is 0.725. The van der Waals surface area contributed by atoms with E-state index in [4.69, 9.17) is 0 Å². The van der Waals surface area contributed by atoms with Gasteiger partial charge in [-0.2, -0.15) is 0 Å². The van der Waals surface area contributed by atoms with E-state index in [1.807, 2.05) is 13.8 Å². The first kappa shape index (κ1) is 16.5. The molecule has 0 radical (unpaired) electrons. The molecule has 0 amide bonds. The molecule has 0 aliphatic heterocycles. The van der Waals surface area contributed by atoms with Crippen molar-refractivity contribution in [2.45, 2.75) is 48.0 Å². The lowest BCUT2D eigenvalue weighted by Crippen LogP contribution is -2.15. The molecule has 0 aromatic heterocycles. The summed E-state index contributed by atoms with van der Waals surface area (Å²) >= 11 is 0. The molecular weight excluding hydrogens is 240 g/mol. The van der Waals surface area contributed by atoms with Crippen molar-refractivity contribution in [2.75, 3.05) is 0 Å². The Bertz CT molecular complexity index is 626. The minimum Gasteiger partial charge on any atom is -0.0918 e. The van der Waals surface area contributed by atoms with Gasteiger partial charge in [0.2, 0.25) is 0 Å². The van der Waals surface area contributed by atoms with Crippen LogP contribution in [-0.4, -0.2) is 0 Å². The van der Waals surface area contributed by atoms with Crippen molar-refractivity contribution >= 4 is 12.2 Å². The molecule has 0 nitrogen and oxygen atoms in total. The van der Waals surface area contributed by atoms with Crippen LogP contribution in [0, 0.1) is 12.8 Å². The molecule has 2 rings (SSSR count). The average molecular weight is 268 g/mol. The summed E-state index contributed by atoms with van der Waals surface area (Å²) in [4.78, 5) is 0. The fourth-order valence-electron chi connectivity index (χ4n) is 2.79. The number of rotatable bonds is 1. The van der Waals surface area contributed by atoms with Gasteiger partial charge in [0.1, 0.15) is 0 Å². The van der Waals surface area contributed by atoms with Gasteiger partial charge < -0.3 is 0 Å². The lowest BCUT2D eigenvalue weighted by Gasteiger charge is -2.18. The fourth-order valence-corrected chi connectivity index (χ4v) is 2.79. The van der Waals surface area contributed by atoms with Crippen LogP contribution >= 0.6 is 0 Å². The molecule has 0 saturated heterocycles. The number of hydrogen-bond donors (Lipinski definition) is 0. The maximum Gasteiger partial charge on any atom is -0.0192 e. The van der Waals surface area contributed by atoms with Gasteiger partial charge in [-0.3, -0.25) is 0 Å². The zero-order valence-corrected chi connectivity index (χ0v) is 13.9. The van der Waals surface area contributed by atoms with E-state index in [9.17, 15) is 0 Å². The molecule has 0 heterocycles. The van der Waals surface area contributed by atoms with Gasteiger partial charge in [-0.25, -0.2) is 0 Å². The normalized spacial score (nSPS) is 19.4. The molecule has 108 valence electrons. The second-order valence-electron chi connectivity index (χ2n) is 5.45. The molecule has 1 unspecified atom stereocenters. The summed E-state index contributed by atoms with van der Waals surface area (Å²) in [6.45, 7) is 16.9. The number of allylic oxidation sites excluding steroid dienone is 4. The Balaban J connectivity index is 0.000000956. The second-order valence-corrected chi connectivity index (χ2v) is 5.45. The summed E-state index contributed by atoms with van der Waals surface area (Å²) in [5, 5.41) is 2.43. The zero-order chi connectivity index (χ0) is 15.3. The third-order valence-corrected chi connectivity index (χ3v) is 3.75.